The lowest BCUT2D eigenvalue weighted by Crippen LogP contribution is -2.30. The molecule has 17 nitrogen and oxygen atoms in total. The molecule has 654 valence electrons. The van der Waals surface area contributed by atoms with Crippen molar-refractivity contribution in [3.63, 3.8) is 0 Å². The molecule has 0 radical (unpaired) electrons. The molecule has 19 heteroatoms. The van der Waals surface area contributed by atoms with Crippen molar-refractivity contribution in [2.24, 2.45) is 11.8 Å². The van der Waals surface area contributed by atoms with Crippen molar-refractivity contribution in [1.29, 1.82) is 0 Å². The molecule has 0 bridgehead atoms. The van der Waals surface area contributed by atoms with E-state index in [-0.39, 0.29) is 25.7 Å². The van der Waals surface area contributed by atoms with Gasteiger partial charge in [-0.15, -0.1) is 0 Å². The molecule has 3 N–H and O–H groups in total. The van der Waals surface area contributed by atoms with Gasteiger partial charge < -0.3 is 33.8 Å². The van der Waals surface area contributed by atoms with Crippen molar-refractivity contribution in [3.05, 3.63) is 0 Å². The number of carbonyl (C=O) groups excluding carboxylic acids is 4. The highest BCUT2D eigenvalue weighted by Crippen LogP contribution is 2.45. The molecule has 3 unspecified atom stereocenters. The van der Waals surface area contributed by atoms with Crippen LogP contribution in [0.3, 0.4) is 0 Å². The third-order valence-electron chi connectivity index (χ3n) is 21.8. The highest BCUT2D eigenvalue weighted by Gasteiger charge is 2.31. The molecule has 0 rings (SSSR count). The van der Waals surface area contributed by atoms with Gasteiger partial charge in [-0.25, -0.2) is 9.13 Å². The first-order chi connectivity index (χ1) is 53.4. The molecular formula is C91H178O17P2. The Kier molecular flexibility index (Phi) is 80.7. The Morgan fingerprint density at radius 1 is 0.264 bits per heavy atom. The number of aliphatic hydroxyl groups is 1. The fourth-order valence-corrected chi connectivity index (χ4v) is 15.9. The van der Waals surface area contributed by atoms with Crippen LogP contribution < -0.4 is 0 Å². The van der Waals surface area contributed by atoms with Crippen molar-refractivity contribution in [2.75, 3.05) is 39.6 Å². The Morgan fingerprint density at radius 3 is 0.691 bits per heavy atom. The van der Waals surface area contributed by atoms with Crippen molar-refractivity contribution >= 4 is 39.5 Å². The zero-order valence-corrected chi connectivity index (χ0v) is 74.4. The summed E-state index contributed by atoms with van der Waals surface area (Å²) < 4.78 is 69.1. The molecule has 0 aliphatic heterocycles. The van der Waals surface area contributed by atoms with Gasteiger partial charge in [0, 0.05) is 25.7 Å². The third kappa shape index (κ3) is 82.6. The van der Waals surface area contributed by atoms with Gasteiger partial charge in [0.25, 0.3) is 0 Å². The van der Waals surface area contributed by atoms with E-state index in [1.54, 1.807) is 0 Å². The summed E-state index contributed by atoms with van der Waals surface area (Å²) in [6.07, 6.45) is 76.3. The second-order valence-corrected chi connectivity index (χ2v) is 36.3. The molecule has 0 aromatic heterocycles. The first kappa shape index (κ1) is 108. The number of phosphoric acid groups is 2. The zero-order valence-electron chi connectivity index (χ0n) is 72.6. The van der Waals surface area contributed by atoms with Crippen molar-refractivity contribution < 1.29 is 80.2 Å². The molecule has 0 heterocycles. The number of unbranched alkanes of at least 4 members (excludes halogenated alkanes) is 59. The van der Waals surface area contributed by atoms with E-state index in [0.717, 1.165) is 102 Å². The normalized spacial score (nSPS) is 14.0. The van der Waals surface area contributed by atoms with Crippen LogP contribution in [-0.2, 0) is 65.4 Å². The molecule has 0 amide bonds. The minimum atomic E-state index is -4.97. The summed E-state index contributed by atoms with van der Waals surface area (Å²) in [5, 5.41) is 10.7. The lowest BCUT2D eigenvalue weighted by Gasteiger charge is -2.21. The molecule has 0 aliphatic rings. The third-order valence-corrected chi connectivity index (χ3v) is 23.7. The highest BCUT2D eigenvalue weighted by molar-refractivity contribution is 7.47. The molecule has 0 aromatic carbocycles. The number of carbonyl (C=O) groups is 4. The van der Waals surface area contributed by atoms with Crippen LogP contribution in [0.1, 0.15) is 491 Å². The molecule has 0 aliphatic carbocycles. The zero-order chi connectivity index (χ0) is 80.6. The molecule has 0 saturated heterocycles. The van der Waals surface area contributed by atoms with Gasteiger partial charge in [-0.05, 0) is 37.5 Å². The summed E-state index contributed by atoms with van der Waals surface area (Å²) in [5.74, 6) is -0.437. The van der Waals surface area contributed by atoms with Crippen molar-refractivity contribution in [2.45, 2.75) is 509 Å². The maximum atomic E-state index is 13.2. The standard InChI is InChI=1S/C91H178O17P2/c1-7-10-12-14-16-18-20-22-23-24-25-26-30-33-38-44-50-56-62-68-74-89(94)102-80-87(107-90(95)75-69-63-57-51-45-39-34-31-28-27-29-32-37-42-48-54-60-66-72-84(6)9-3)82-106-110(99,100)104-78-85(92)77-103-109(97,98)105-81-86(79-101-88(93)73-67-61-55-49-43-21-19-17-15-13-11-8-2)108-91(96)76-70-64-58-52-46-40-35-36-41-47-53-59-65-71-83(4)5/h83-87,92H,7-82H2,1-6H3,(H,97,98)(H,99,100)/t84?,85-,86+,87+/m0/s1. The Balaban J connectivity index is 5.24. The lowest BCUT2D eigenvalue weighted by molar-refractivity contribution is -0.161. The van der Waals surface area contributed by atoms with Gasteiger partial charge in [0.05, 0.1) is 26.4 Å². The second kappa shape index (κ2) is 82.2. The summed E-state index contributed by atoms with van der Waals surface area (Å²) in [5.41, 5.74) is 0. The summed E-state index contributed by atoms with van der Waals surface area (Å²) >= 11 is 0. The summed E-state index contributed by atoms with van der Waals surface area (Å²) in [6, 6.07) is 0. The van der Waals surface area contributed by atoms with Crippen LogP contribution >= 0.6 is 15.6 Å². The predicted octanol–water partition coefficient (Wildman–Crippen LogP) is 28.2. The van der Waals surface area contributed by atoms with Crippen molar-refractivity contribution in [3.8, 4) is 0 Å². The van der Waals surface area contributed by atoms with E-state index in [1.165, 1.54) is 308 Å². The summed E-state index contributed by atoms with van der Waals surface area (Å²) in [6.45, 7) is 9.79. The predicted molar refractivity (Wildman–Crippen MR) is 455 cm³/mol. The van der Waals surface area contributed by atoms with Crippen LogP contribution in [0.4, 0.5) is 0 Å². The number of hydrogen-bond donors (Lipinski definition) is 3. The second-order valence-electron chi connectivity index (χ2n) is 33.4. The Labute approximate surface area is 677 Å². The average Bonchev–Trinajstić information content (AvgIpc) is 0.897. The largest absolute Gasteiger partial charge is 0.472 e. The summed E-state index contributed by atoms with van der Waals surface area (Å²) in [7, 11) is -9.94. The van der Waals surface area contributed by atoms with E-state index in [0.29, 0.717) is 25.7 Å². The number of aliphatic hydroxyl groups excluding tert-OH is 1. The van der Waals surface area contributed by atoms with Gasteiger partial charge in [-0.3, -0.25) is 37.3 Å². The van der Waals surface area contributed by atoms with Gasteiger partial charge in [0.1, 0.15) is 19.3 Å². The fourth-order valence-electron chi connectivity index (χ4n) is 14.3. The average molecular weight is 1610 g/mol. The summed E-state index contributed by atoms with van der Waals surface area (Å²) in [4.78, 5) is 73.4. The maximum absolute atomic E-state index is 13.2. The molecule has 0 aromatic rings. The van der Waals surface area contributed by atoms with Crippen LogP contribution in [0, 0.1) is 11.8 Å². The van der Waals surface area contributed by atoms with Gasteiger partial charge in [0.2, 0.25) is 0 Å². The van der Waals surface area contributed by atoms with E-state index in [9.17, 15) is 43.2 Å². The van der Waals surface area contributed by atoms with Gasteiger partial charge in [-0.2, -0.15) is 0 Å². The first-order valence-corrected chi connectivity index (χ1v) is 50.0. The van der Waals surface area contributed by atoms with Crippen molar-refractivity contribution in [1.82, 2.24) is 0 Å². The highest BCUT2D eigenvalue weighted by atomic mass is 31.2. The molecular weight excluding hydrogens is 1430 g/mol. The van der Waals surface area contributed by atoms with E-state index < -0.39 is 97.5 Å². The van der Waals surface area contributed by atoms with Gasteiger partial charge in [-0.1, -0.05) is 440 Å². The Bertz CT molecular complexity index is 2100. The molecule has 110 heavy (non-hydrogen) atoms. The van der Waals surface area contributed by atoms with E-state index in [2.05, 4.69) is 41.5 Å². The molecule has 6 atom stereocenters. The van der Waals surface area contributed by atoms with Crippen LogP contribution in [-0.4, -0.2) is 96.7 Å². The van der Waals surface area contributed by atoms with E-state index >= 15 is 0 Å². The number of phosphoric ester groups is 2. The minimum Gasteiger partial charge on any atom is -0.462 e. The fraction of sp³-hybridized carbons (Fsp3) is 0.956. The number of ether oxygens (including phenoxy) is 4. The van der Waals surface area contributed by atoms with E-state index in [4.69, 9.17) is 37.0 Å². The molecule has 0 saturated carbocycles. The molecule has 0 fully saturated rings. The minimum absolute atomic E-state index is 0.108. The van der Waals surface area contributed by atoms with Crippen LogP contribution in [0.2, 0.25) is 0 Å². The van der Waals surface area contributed by atoms with Crippen LogP contribution in [0.5, 0.6) is 0 Å². The quantitative estimate of drug-likeness (QED) is 0.0222. The van der Waals surface area contributed by atoms with Gasteiger partial charge in [0.15, 0.2) is 12.2 Å². The lowest BCUT2D eigenvalue weighted by atomic mass is 9.99. The monoisotopic (exact) mass is 1610 g/mol. The Hall–Kier alpha value is -1.94. The SMILES string of the molecule is CCCCCCCCCCCCCCCCCCCCCCC(=O)OC[C@H](COP(=O)(O)OC[C@@H](O)COP(=O)(O)OC[C@@H](COC(=O)CCCCCCCCCCCCCC)OC(=O)CCCCCCCCCCCCCCCC(C)C)OC(=O)CCCCCCCCCCCCCCCCCCCCC(C)CC. The van der Waals surface area contributed by atoms with Crippen LogP contribution in [0.15, 0.2) is 0 Å². The van der Waals surface area contributed by atoms with Gasteiger partial charge >= 0.3 is 39.5 Å². The maximum Gasteiger partial charge on any atom is 0.472 e. The first-order valence-electron chi connectivity index (χ1n) is 47.0. The molecule has 0 spiro atoms. The smallest absolute Gasteiger partial charge is 0.462 e. The Morgan fingerprint density at radius 2 is 0.464 bits per heavy atom. The topological polar surface area (TPSA) is 237 Å². The number of esters is 4. The number of rotatable bonds is 90. The van der Waals surface area contributed by atoms with E-state index in [1.807, 2.05) is 0 Å². The van der Waals surface area contributed by atoms with Crippen LogP contribution in [0.25, 0.3) is 0 Å². The number of hydrogen-bond acceptors (Lipinski definition) is 15.